The molecule has 0 radical (unpaired) electrons. The molecule has 0 saturated carbocycles. The summed E-state index contributed by atoms with van der Waals surface area (Å²) in [5.74, 6) is 2.15. The molecule has 0 bridgehead atoms. The van der Waals surface area contributed by atoms with Crippen molar-refractivity contribution in [3.8, 4) is 0 Å². The third-order valence-corrected chi connectivity index (χ3v) is 4.20. The smallest absolute Gasteiger partial charge is 0.130 e. The van der Waals surface area contributed by atoms with Gasteiger partial charge in [0.25, 0.3) is 0 Å². The Labute approximate surface area is 126 Å². The molecule has 0 aliphatic carbocycles. The Morgan fingerprint density at radius 2 is 2.29 bits per heavy atom. The Morgan fingerprint density at radius 1 is 1.43 bits per heavy atom. The highest BCUT2D eigenvalue weighted by Crippen LogP contribution is 2.33. The molecule has 5 heteroatoms. The van der Waals surface area contributed by atoms with Gasteiger partial charge in [-0.15, -0.1) is 0 Å². The predicted octanol–water partition coefficient (Wildman–Crippen LogP) is 2.50. The number of hydrogen-bond acceptors (Lipinski definition) is 4. The second-order valence-corrected chi connectivity index (χ2v) is 5.74. The zero-order valence-corrected chi connectivity index (χ0v) is 13.0. The SMILES string of the molecule is CNc1ncccc1CN1CCC[C@H]1c1nc(C)cn1C. The molecule has 0 spiro atoms. The van der Waals surface area contributed by atoms with Gasteiger partial charge in [0.2, 0.25) is 0 Å². The molecule has 1 N–H and O–H groups in total. The molecule has 0 amide bonds. The van der Waals surface area contributed by atoms with Crippen molar-refractivity contribution in [1.82, 2.24) is 19.4 Å². The summed E-state index contributed by atoms with van der Waals surface area (Å²) >= 11 is 0. The van der Waals surface area contributed by atoms with Crippen LogP contribution in [0, 0.1) is 6.92 Å². The molecule has 112 valence electrons. The Morgan fingerprint density at radius 3 is 3.00 bits per heavy atom. The monoisotopic (exact) mass is 285 g/mol. The van der Waals surface area contributed by atoms with Gasteiger partial charge in [-0.25, -0.2) is 9.97 Å². The van der Waals surface area contributed by atoms with E-state index in [0.717, 1.165) is 24.6 Å². The number of anilines is 1. The number of rotatable bonds is 4. The van der Waals surface area contributed by atoms with E-state index in [1.165, 1.54) is 24.2 Å². The Bertz CT molecular complexity index is 619. The first-order valence-corrected chi connectivity index (χ1v) is 7.54. The fourth-order valence-corrected chi connectivity index (χ4v) is 3.26. The van der Waals surface area contributed by atoms with Gasteiger partial charge in [0, 0.05) is 38.6 Å². The van der Waals surface area contributed by atoms with E-state index in [4.69, 9.17) is 4.98 Å². The van der Waals surface area contributed by atoms with Crippen LogP contribution in [0.1, 0.15) is 36.0 Å². The molecule has 3 heterocycles. The maximum atomic E-state index is 4.72. The quantitative estimate of drug-likeness (QED) is 0.937. The maximum Gasteiger partial charge on any atom is 0.130 e. The van der Waals surface area contributed by atoms with E-state index in [1.54, 1.807) is 0 Å². The van der Waals surface area contributed by atoms with Crippen molar-refractivity contribution in [1.29, 1.82) is 0 Å². The van der Waals surface area contributed by atoms with Gasteiger partial charge in [-0.2, -0.15) is 0 Å². The Hall–Kier alpha value is -1.88. The maximum absolute atomic E-state index is 4.72. The van der Waals surface area contributed by atoms with Crippen molar-refractivity contribution in [3.05, 3.63) is 41.6 Å². The average Bonchev–Trinajstić information content (AvgIpc) is 3.05. The van der Waals surface area contributed by atoms with Gasteiger partial charge in [-0.1, -0.05) is 6.07 Å². The summed E-state index contributed by atoms with van der Waals surface area (Å²) in [7, 11) is 4.02. The highest BCUT2D eigenvalue weighted by Gasteiger charge is 2.29. The van der Waals surface area contributed by atoms with E-state index in [9.17, 15) is 0 Å². The van der Waals surface area contributed by atoms with Crippen LogP contribution in [0.4, 0.5) is 5.82 Å². The van der Waals surface area contributed by atoms with Crippen molar-refractivity contribution < 1.29 is 0 Å². The van der Waals surface area contributed by atoms with E-state index in [2.05, 4.69) is 46.0 Å². The van der Waals surface area contributed by atoms with Crippen molar-refractivity contribution in [2.75, 3.05) is 18.9 Å². The third kappa shape index (κ3) is 2.78. The standard InChI is InChI=1S/C16H23N5/c1-12-10-20(3)16(19-12)14-7-5-9-21(14)11-13-6-4-8-18-15(13)17-2/h4,6,8,10,14H,5,7,9,11H2,1-3H3,(H,17,18)/t14-/m0/s1. The second kappa shape index (κ2) is 5.85. The van der Waals surface area contributed by atoms with Crippen LogP contribution in [0.15, 0.2) is 24.5 Å². The number of nitrogens with one attached hydrogen (secondary N) is 1. The van der Waals surface area contributed by atoms with Crippen LogP contribution in [-0.4, -0.2) is 33.0 Å². The lowest BCUT2D eigenvalue weighted by Gasteiger charge is -2.24. The minimum absolute atomic E-state index is 0.411. The minimum Gasteiger partial charge on any atom is -0.373 e. The molecule has 1 aliphatic rings. The molecule has 0 aromatic carbocycles. The molecule has 1 atom stereocenters. The van der Waals surface area contributed by atoms with Gasteiger partial charge >= 0.3 is 0 Å². The highest BCUT2D eigenvalue weighted by molar-refractivity contribution is 5.42. The molecule has 1 aliphatic heterocycles. The summed E-state index contributed by atoms with van der Waals surface area (Å²) < 4.78 is 2.17. The molecule has 0 unspecified atom stereocenters. The zero-order valence-electron chi connectivity index (χ0n) is 13.0. The Kier molecular flexibility index (Phi) is 3.92. The molecular weight excluding hydrogens is 262 g/mol. The zero-order chi connectivity index (χ0) is 14.8. The molecule has 3 rings (SSSR count). The van der Waals surface area contributed by atoms with E-state index < -0.39 is 0 Å². The molecule has 1 fully saturated rings. The highest BCUT2D eigenvalue weighted by atomic mass is 15.2. The van der Waals surface area contributed by atoms with Crippen molar-refractivity contribution in [2.24, 2.45) is 7.05 Å². The molecule has 2 aromatic heterocycles. The number of aromatic nitrogens is 3. The van der Waals surface area contributed by atoms with Crippen LogP contribution < -0.4 is 5.32 Å². The number of likely N-dealkylation sites (tertiary alicyclic amines) is 1. The van der Waals surface area contributed by atoms with Gasteiger partial charge in [0.1, 0.15) is 11.6 Å². The first kappa shape index (κ1) is 14.1. The van der Waals surface area contributed by atoms with Crippen LogP contribution in [0.3, 0.4) is 0 Å². The van der Waals surface area contributed by atoms with Gasteiger partial charge in [-0.05, 0) is 32.4 Å². The van der Waals surface area contributed by atoms with E-state index in [1.807, 2.05) is 19.3 Å². The van der Waals surface area contributed by atoms with Gasteiger partial charge in [0.05, 0.1) is 11.7 Å². The van der Waals surface area contributed by atoms with Crippen molar-refractivity contribution in [3.63, 3.8) is 0 Å². The van der Waals surface area contributed by atoms with Gasteiger partial charge < -0.3 is 9.88 Å². The fraction of sp³-hybridized carbons (Fsp3) is 0.500. The molecule has 5 nitrogen and oxygen atoms in total. The molecular formula is C16H23N5. The van der Waals surface area contributed by atoms with Crippen LogP contribution in [-0.2, 0) is 13.6 Å². The summed E-state index contributed by atoms with van der Waals surface area (Å²) in [5, 5.41) is 3.18. The summed E-state index contributed by atoms with van der Waals surface area (Å²) in [6, 6.07) is 4.57. The largest absolute Gasteiger partial charge is 0.373 e. The summed E-state index contributed by atoms with van der Waals surface area (Å²) in [6.07, 6.45) is 6.35. The van der Waals surface area contributed by atoms with Crippen molar-refractivity contribution >= 4 is 5.82 Å². The number of imidazole rings is 1. The van der Waals surface area contributed by atoms with Crippen LogP contribution in [0.25, 0.3) is 0 Å². The second-order valence-electron chi connectivity index (χ2n) is 5.74. The fourth-order valence-electron chi connectivity index (χ4n) is 3.26. The topological polar surface area (TPSA) is 46.0 Å². The summed E-state index contributed by atoms with van der Waals surface area (Å²) in [6.45, 7) is 4.10. The lowest BCUT2D eigenvalue weighted by molar-refractivity contribution is 0.236. The lowest BCUT2D eigenvalue weighted by Crippen LogP contribution is -2.25. The van der Waals surface area contributed by atoms with E-state index in [-0.39, 0.29) is 0 Å². The van der Waals surface area contributed by atoms with Crippen LogP contribution >= 0.6 is 0 Å². The first-order valence-electron chi connectivity index (χ1n) is 7.54. The minimum atomic E-state index is 0.411. The van der Waals surface area contributed by atoms with Crippen LogP contribution in [0.5, 0.6) is 0 Å². The Balaban J connectivity index is 1.83. The molecule has 1 saturated heterocycles. The first-order chi connectivity index (χ1) is 10.2. The number of nitrogens with zero attached hydrogens (tertiary/aromatic N) is 4. The average molecular weight is 285 g/mol. The summed E-state index contributed by atoms with van der Waals surface area (Å²) in [5.41, 5.74) is 2.34. The third-order valence-electron chi connectivity index (χ3n) is 4.20. The van der Waals surface area contributed by atoms with Gasteiger partial charge in [-0.3, -0.25) is 4.90 Å². The van der Waals surface area contributed by atoms with E-state index >= 15 is 0 Å². The number of hydrogen-bond donors (Lipinski definition) is 1. The molecule has 21 heavy (non-hydrogen) atoms. The van der Waals surface area contributed by atoms with Gasteiger partial charge in [0.15, 0.2) is 0 Å². The van der Waals surface area contributed by atoms with Crippen molar-refractivity contribution in [2.45, 2.75) is 32.4 Å². The lowest BCUT2D eigenvalue weighted by atomic mass is 10.2. The number of pyridine rings is 1. The van der Waals surface area contributed by atoms with E-state index in [0.29, 0.717) is 6.04 Å². The predicted molar refractivity (Wildman–Crippen MR) is 84.1 cm³/mol. The molecule has 2 aromatic rings. The number of aryl methyl sites for hydroxylation is 2. The summed E-state index contributed by atoms with van der Waals surface area (Å²) in [4.78, 5) is 11.6. The van der Waals surface area contributed by atoms with Crippen LogP contribution in [0.2, 0.25) is 0 Å². The normalized spacial score (nSPS) is 19.1.